The number of rotatable bonds is 4. The summed E-state index contributed by atoms with van der Waals surface area (Å²) in [4.78, 5) is 30.1. The summed E-state index contributed by atoms with van der Waals surface area (Å²) in [7, 11) is 0. The maximum Gasteiger partial charge on any atom is 0.312 e. The number of amides is 3. The number of hydrogen-bond acceptors (Lipinski definition) is 3. The zero-order valence-electron chi connectivity index (χ0n) is 11.3. The monoisotopic (exact) mass is 275 g/mol. The van der Waals surface area contributed by atoms with Crippen molar-refractivity contribution in [3.05, 3.63) is 30.1 Å². The van der Waals surface area contributed by atoms with Crippen molar-refractivity contribution in [2.75, 3.05) is 0 Å². The number of imidazole rings is 1. The third-order valence-corrected chi connectivity index (χ3v) is 2.93. The van der Waals surface area contributed by atoms with Gasteiger partial charge in [0.2, 0.25) is 5.91 Å². The highest BCUT2D eigenvalue weighted by molar-refractivity contribution is 5.86. The third kappa shape index (κ3) is 3.05. The van der Waals surface area contributed by atoms with Gasteiger partial charge in [-0.25, -0.2) is 9.78 Å². The average Bonchev–Trinajstić information content (AvgIpc) is 2.81. The van der Waals surface area contributed by atoms with E-state index in [1.807, 2.05) is 31.2 Å². The predicted octanol–water partition coefficient (Wildman–Crippen LogP) is 0.797. The van der Waals surface area contributed by atoms with Gasteiger partial charge in [0.1, 0.15) is 11.9 Å². The van der Waals surface area contributed by atoms with Crippen molar-refractivity contribution in [1.29, 1.82) is 0 Å². The van der Waals surface area contributed by atoms with E-state index in [1.54, 1.807) is 6.92 Å². The minimum absolute atomic E-state index is 0.299. The molecule has 106 valence electrons. The summed E-state index contributed by atoms with van der Waals surface area (Å²) in [6.07, 6.45) is 0. The van der Waals surface area contributed by atoms with Crippen molar-refractivity contribution in [2.45, 2.75) is 25.9 Å². The molecule has 0 fully saturated rings. The van der Waals surface area contributed by atoms with Gasteiger partial charge in [0.05, 0.1) is 17.1 Å². The van der Waals surface area contributed by atoms with E-state index in [9.17, 15) is 9.59 Å². The van der Waals surface area contributed by atoms with Crippen LogP contribution in [-0.4, -0.2) is 27.9 Å². The Kier molecular flexibility index (Phi) is 3.88. The van der Waals surface area contributed by atoms with Gasteiger partial charge in [-0.2, -0.15) is 0 Å². The Labute approximate surface area is 115 Å². The molecule has 0 aliphatic carbocycles. The van der Waals surface area contributed by atoms with E-state index in [0.717, 1.165) is 11.0 Å². The number of primary amides is 1. The molecule has 2 unspecified atom stereocenters. The van der Waals surface area contributed by atoms with Crippen LogP contribution < -0.4 is 16.4 Å². The summed E-state index contributed by atoms with van der Waals surface area (Å²) in [6.45, 7) is 3.37. The molecule has 5 N–H and O–H groups in total. The highest BCUT2D eigenvalue weighted by atomic mass is 16.2. The minimum Gasteiger partial charge on any atom is -0.352 e. The number of aromatic amines is 1. The maximum atomic E-state index is 11.9. The molecule has 0 aliphatic rings. The Morgan fingerprint density at radius 2 is 1.95 bits per heavy atom. The molecule has 7 nitrogen and oxygen atoms in total. The number of nitrogens with zero attached hydrogens (tertiary/aromatic N) is 1. The first-order valence-corrected chi connectivity index (χ1v) is 6.28. The molecule has 0 radical (unpaired) electrons. The van der Waals surface area contributed by atoms with Gasteiger partial charge in [0, 0.05) is 0 Å². The van der Waals surface area contributed by atoms with Crippen molar-refractivity contribution in [2.24, 2.45) is 5.73 Å². The summed E-state index contributed by atoms with van der Waals surface area (Å²) in [5.74, 6) is 0.336. The third-order valence-electron chi connectivity index (χ3n) is 2.93. The van der Waals surface area contributed by atoms with E-state index in [4.69, 9.17) is 5.73 Å². The molecule has 1 heterocycles. The van der Waals surface area contributed by atoms with Gasteiger partial charge in [0.15, 0.2) is 0 Å². The molecule has 3 amide bonds. The van der Waals surface area contributed by atoms with Crippen LogP contribution in [0.1, 0.15) is 25.7 Å². The summed E-state index contributed by atoms with van der Waals surface area (Å²) in [5, 5.41) is 5.08. The number of aromatic nitrogens is 2. The van der Waals surface area contributed by atoms with E-state index in [2.05, 4.69) is 20.6 Å². The lowest BCUT2D eigenvalue weighted by atomic mass is 10.2. The molecular formula is C13H17N5O2. The first-order valence-electron chi connectivity index (χ1n) is 6.28. The highest BCUT2D eigenvalue weighted by Gasteiger charge is 2.18. The van der Waals surface area contributed by atoms with Crippen molar-refractivity contribution in [1.82, 2.24) is 20.6 Å². The maximum absolute atomic E-state index is 11.9. The van der Waals surface area contributed by atoms with Gasteiger partial charge in [0.25, 0.3) is 0 Å². The van der Waals surface area contributed by atoms with Crippen LogP contribution in [0.3, 0.4) is 0 Å². The van der Waals surface area contributed by atoms with Crippen LogP contribution in [-0.2, 0) is 4.79 Å². The second-order valence-corrected chi connectivity index (χ2v) is 4.60. The van der Waals surface area contributed by atoms with Crippen LogP contribution in [0.5, 0.6) is 0 Å². The molecule has 1 aromatic carbocycles. The van der Waals surface area contributed by atoms with Crippen molar-refractivity contribution in [3.63, 3.8) is 0 Å². The molecule has 0 spiro atoms. The van der Waals surface area contributed by atoms with Gasteiger partial charge >= 0.3 is 6.03 Å². The van der Waals surface area contributed by atoms with Crippen LogP contribution in [0, 0.1) is 0 Å². The minimum atomic E-state index is -0.732. The van der Waals surface area contributed by atoms with Crippen molar-refractivity contribution < 1.29 is 9.59 Å². The molecule has 1 aromatic heterocycles. The molecule has 0 bridgehead atoms. The largest absolute Gasteiger partial charge is 0.352 e. The molecule has 2 rings (SSSR count). The normalized spacial score (nSPS) is 13.7. The number of carbonyl (C=O) groups excluding carboxylic acids is 2. The SMILES string of the molecule is CC(NC(N)=O)C(=O)NC(C)c1nc2ccccc2[nH]1. The van der Waals surface area contributed by atoms with E-state index < -0.39 is 12.1 Å². The van der Waals surface area contributed by atoms with E-state index in [-0.39, 0.29) is 11.9 Å². The molecule has 2 aromatic rings. The van der Waals surface area contributed by atoms with Gasteiger partial charge in [-0.1, -0.05) is 12.1 Å². The summed E-state index contributed by atoms with van der Waals surface area (Å²) >= 11 is 0. The lowest BCUT2D eigenvalue weighted by Crippen LogP contribution is -2.47. The lowest BCUT2D eigenvalue weighted by Gasteiger charge is -2.16. The first kappa shape index (κ1) is 13.9. The van der Waals surface area contributed by atoms with Crippen LogP contribution in [0.15, 0.2) is 24.3 Å². The fourth-order valence-corrected chi connectivity index (χ4v) is 1.86. The number of nitrogens with two attached hydrogens (primary N) is 1. The molecule has 0 saturated carbocycles. The number of nitrogens with one attached hydrogen (secondary N) is 3. The van der Waals surface area contributed by atoms with Crippen LogP contribution in [0.2, 0.25) is 0 Å². The Hall–Kier alpha value is -2.57. The Bertz CT molecular complexity index is 603. The van der Waals surface area contributed by atoms with Crippen molar-refractivity contribution >= 4 is 23.0 Å². The zero-order valence-corrected chi connectivity index (χ0v) is 11.3. The first-order chi connectivity index (χ1) is 9.47. The summed E-state index contributed by atoms with van der Waals surface area (Å²) in [6, 6.07) is 5.88. The number of urea groups is 1. The average molecular weight is 275 g/mol. The molecule has 20 heavy (non-hydrogen) atoms. The molecule has 7 heteroatoms. The second kappa shape index (κ2) is 5.60. The Morgan fingerprint density at radius 1 is 1.25 bits per heavy atom. The highest BCUT2D eigenvalue weighted by Crippen LogP contribution is 2.15. The smallest absolute Gasteiger partial charge is 0.312 e. The number of para-hydroxylation sites is 2. The number of fused-ring (bicyclic) bond motifs is 1. The van der Waals surface area contributed by atoms with E-state index >= 15 is 0 Å². The van der Waals surface area contributed by atoms with E-state index in [1.165, 1.54) is 0 Å². The van der Waals surface area contributed by atoms with Crippen LogP contribution >= 0.6 is 0 Å². The molecule has 2 atom stereocenters. The molecule has 0 saturated heterocycles. The Morgan fingerprint density at radius 3 is 2.60 bits per heavy atom. The molecule has 0 aliphatic heterocycles. The van der Waals surface area contributed by atoms with Crippen LogP contribution in [0.4, 0.5) is 4.79 Å². The van der Waals surface area contributed by atoms with Crippen molar-refractivity contribution in [3.8, 4) is 0 Å². The fourth-order valence-electron chi connectivity index (χ4n) is 1.86. The quantitative estimate of drug-likeness (QED) is 0.661. The number of carbonyl (C=O) groups is 2. The number of hydrogen-bond donors (Lipinski definition) is 4. The predicted molar refractivity (Wildman–Crippen MR) is 74.8 cm³/mol. The fraction of sp³-hybridized carbons (Fsp3) is 0.308. The summed E-state index contributed by atoms with van der Waals surface area (Å²) in [5.41, 5.74) is 6.72. The van der Waals surface area contributed by atoms with Gasteiger partial charge in [-0.3, -0.25) is 4.79 Å². The topological polar surface area (TPSA) is 113 Å². The second-order valence-electron chi connectivity index (χ2n) is 4.60. The molecular weight excluding hydrogens is 258 g/mol. The summed E-state index contributed by atoms with van der Waals surface area (Å²) < 4.78 is 0. The standard InChI is InChI=1S/C13H17N5O2/c1-7(15-12(19)8(2)16-13(14)20)11-17-9-5-3-4-6-10(9)18-11/h3-8H,1-2H3,(H,15,19)(H,17,18)(H3,14,16,20). The number of benzene rings is 1. The van der Waals surface area contributed by atoms with Gasteiger partial charge < -0.3 is 21.4 Å². The lowest BCUT2D eigenvalue weighted by molar-refractivity contribution is -0.123. The zero-order chi connectivity index (χ0) is 14.7. The van der Waals surface area contributed by atoms with Gasteiger partial charge in [-0.15, -0.1) is 0 Å². The number of H-pyrrole nitrogens is 1. The van der Waals surface area contributed by atoms with Crippen LogP contribution in [0.25, 0.3) is 11.0 Å². The Balaban J connectivity index is 2.05. The van der Waals surface area contributed by atoms with Gasteiger partial charge in [-0.05, 0) is 26.0 Å². The van der Waals surface area contributed by atoms with E-state index in [0.29, 0.717) is 5.82 Å².